The van der Waals surface area contributed by atoms with Crippen LogP contribution >= 0.6 is 0 Å². The van der Waals surface area contributed by atoms with E-state index in [-0.39, 0.29) is 11.8 Å². The van der Waals surface area contributed by atoms with Crippen LogP contribution in [-0.4, -0.2) is 34.5 Å². The summed E-state index contributed by atoms with van der Waals surface area (Å²) in [6.45, 7) is 0.550. The molecule has 0 saturated heterocycles. The molecule has 126 valence electrons. The molecule has 3 aromatic rings. The summed E-state index contributed by atoms with van der Waals surface area (Å²) in [4.78, 5) is 24.3. The Morgan fingerprint density at radius 1 is 1.16 bits per heavy atom. The van der Waals surface area contributed by atoms with Gasteiger partial charge < -0.3 is 15.0 Å². The van der Waals surface area contributed by atoms with Crippen LogP contribution in [0.1, 0.15) is 27.7 Å². The fourth-order valence-electron chi connectivity index (χ4n) is 3.23. The number of carbonyl (C=O) groups is 1. The molecule has 6 nitrogen and oxygen atoms in total. The molecule has 0 saturated carbocycles. The maximum absolute atomic E-state index is 12.4. The van der Waals surface area contributed by atoms with Gasteiger partial charge in [0.25, 0.3) is 5.91 Å². The first kappa shape index (κ1) is 15.4. The molecule has 1 aliphatic rings. The molecule has 2 aromatic heterocycles. The highest BCUT2D eigenvalue weighted by Crippen LogP contribution is 2.31. The Morgan fingerprint density at radius 2 is 1.96 bits per heavy atom. The third-order valence-electron chi connectivity index (χ3n) is 4.49. The molecule has 0 aliphatic carbocycles. The Labute approximate surface area is 145 Å². The van der Waals surface area contributed by atoms with E-state index < -0.39 is 0 Å². The summed E-state index contributed by atoms with van der Waals surface area (Å²) in [5, 5.41) is 2.98. The van der Waals surface area contributed by atoms with Crippen molar-refractivity contribution < 1.29 is 9.53 Å². The Kier molecular flexibility index (Phi) is 3.93. The van der Waals surface area contributed by atoms with Crippen LogP contribution in [0, 0.1) is 0 Å². The zero-order valence-electron chi connectivity index (χ0n) is 13.8. The summed E-state index contributed by atoms with van der Waals surface area (Å²) in [5.41, 5.74) is 3.30. The number of nitrogens with zero attached hydrogens (tertiary/aromatic N) is 2. The number of aromatic nitrogens is 3. The summed E-state index contributed by atoms with van der Waals surface area (Å²) in [7, 11) is 1.66. The number of imidazole rings is 1. The normalized spacial score (nSPS) is 16.7. The molecule has 0 spiro atoms. The molecular weight excluding hydrogens is 316 g/mol. The highest BCUT2D eigenvalue weighted by Gasteiger charge is 2.27. The van der Waals surface area contributed by atoms with Crippen LogP contribution in [-0.2, 0) is 6.42 Å². The van der Waals surface area contributed by atoms with Gasteiger partial charge in [-0.05, 0) is 30.2 Å². The standard InChI is InChI=1S/C19H18N4O2/c1-25-16-5-3-2-4-14(16)13-10-15-17(19(24)21-11-13)23-18(22-15)12-6-8-20-9-7-12/h2-9,13H,10-11H2,1H3,(H,21,24)(H,22,23)/t13-/m0/s1. The van der Waals surface area contributed by atoms with E-state index in [1.807, 2.05) is 36.4 Å². The van der Waals surface area contributed by atoms with Gasteiger partial charge in [0.05, 0.1) is 7.11 Å². The van der Waals surface area contributed by atoms with Gasteiger partial charge in [0.15, 0.2) is 0 Å². The van der Waals surface area contributed by atoms with Crippen LogP contribution in [0.4, 0.5) is 0 Å². The van der Waals surface area contributed by atoms with Crippen molar-refractivity contribution in [3.8, 4) is 17.1 Å². The molecule has 0 bridgehead atoms. The molecule has 6 heteroatoms. The first-order chi connectivity index (χ1) is 12.3. The van der Waals surface area contributed by atoms with Gasteiger partial charge in [-0.15, -0.1) is 0 Å². The van der Waals surface area contributed by atoms with E-state index in [4.69, 9.17) is 4.74 Å². The van der Waals surface area contributed by atoms with Gasteiger partial charge in [0.2, 0.25) is 0 Å². The van der Waals surface area contributed by atoms with Crippen LogP contribution in [0.15, 0.2) is 48.8 Å². The van der Waals surface area contributed by atoms with Gasteiger partial charge >= 0.3 is 0 Å². The van der Waals surface area contributed by atoms with Gasteiger partial charge in [-0.3, -0.25) is 9.78 Å². The minimum absolute atomic E-state index is 0.118. The minimum atomic E-state index is -0.149. The quantitative estimate of drug-likeness (QED) is 0.771. The van der Waals surface area contributed by atoms with Crippen molar-refractivity contribution in [3.63, 3.8) is 0 Å². The average Bonchev–Trinajstić information content (AvgIpc) is 3.03. The molecule has 1 aliphatic heterocycles. The Hall–Kier alpha value is -3.15. The van der Waals surface area contributed by atoms with Crippen molar-refractivity contribution in [3.05, 3.63) is 65.7 Å². The topological polar surface area (TPSA) is 79.9 Å². The van der Waals surface area contributed by atoms with Crippen molar-refractivity contribution in [2.45, 2.75) is 12.3 Å². The minimum Gasteiger partial charge on any atom is -0.496 e. The smallest absolute Gasteiger partial charge is 0.271 e. The fourth-order valence-corrected chi connectivity index (χ4v) is 3.23. The Morgan fingerprint density at radius 3 is 2.76 bits per heavy atom. The molecule has 0 radical (unpaired) electrons. The van der Waals surface area contributed by atoms with Gasteiger partial charge in [-0.25, -0.2) is 4.98 Å². The van der Waals surface area contributed by atoms with E-state index in [1.54, 1.807) is 19.5 Å². The lowest BCUT2D eigenvalue weighted by atomic mass is 9.93. The van der Waals surface area contributed by atoms with E-state index in [0.717, 1.165) is 22.6 Å². The van der Waals surface area contributed by atoms with Crippen molar-refractivity contribution in [2.24, 2.45) is 0 Å². The highest BCUT2D eigenvalue weighted by atomic mass is 16.5. The van der Waals surface area contributed by atoms with Gasteiger partial charge in [-0.2, -0.15) is 0 Å². The predicted molar refractivity (Wildman–Crippen MR) is 93.6 cm³/mol. The summed E-state index contributed by atoms with van der Waals surface area (Å²) >= 11 is 0. The number of ether oxygens (including phenoxy) is 1. The van der Waals surface area contributed by atoms with Crippen molar-refractivity contribution in [1.29, 1.82) is 0 Å². The van der Waals surface area contributed by atoms with E-state index in [1.165, 1.54) is 0 Å². The molecule has 0 unspecified atom stereocenters. The number of amides is 1. The number of pyridine rings is 1. The first-order valence-corrected chi connectivity index (χ1v) is 8.16. The van der Waals surface area contributed by atoms with Gasteiger partial charge in [0.1, 0.15) is 17.3 Å². The molecule has 1 atom stereocenters. The molecule has 4 rings (SSSR count). The SMILES string of the molecule is COc1ccccc1[C@@H]1CNC(=O)c2nc(-c3ccncc3)[nH]c2C1. The fraction of sp³-hybridized carbons (Fsp3) is 0.211. The number of H-pyrrole nitrogens is 1. The van der Waals surface area contributed by atoms with Gasteiger partial charge in [-0.1, -0.05) is 18.2 Å². The largest absolute Gasteiger partial charge is 0.496 e. The number of hydrogen-bond acceptors (Lipinski definition) is 4. The summed E-state index contributed by atoms with van der Waals surface area (Å²) in [6, 6.07) is 11.7. The van der Waals surface area contributed by atoms with Crippen LogP contribution in [0.25, 0.3) is 11.4 Å². The Balaban J connectivity index is 1.72. The van der Waals surface area contributed by atoms with E-state index in [0.29, 0.717) is 24.5 Å². The molecule has 25 heavy (non-hydrogen) atoms. The third-order valence-corrected chi connectivity index (χ3v) is 4.49. The summed E-state index contributed by atoms with van der Waals surface area (Å²) < 4.78 is 5.48. The first-order valence-electron chi connectivity index (χ1n) is 8.16. The molecule has 1 aromatic carbocycles. The van der Waals surface area contributed by atoms with Crippen molar-refractivity contribution >= 4 is 5.91 Å². The molecule has 1 amide bonds. The highest BCUT2D eigenvalue weighted by molar-refractivity contribution is 5.94. The maximum Gasteiger partial charge on any atom is 0.271 e. The number of para-hydroxylation sites is 1. The summed E-state index contributed by atoms with van der Waals surface area (Å²) in [5.74, 6) is 1.48. The van der Waals surface area contributed by atoms with E-state index in [9.17, 15) is 4.79 Å². The van der Waals surface area contributed by atoms with E-state index >= 15 is 0 Å². The number of benzene rings is 1. The number of rotatable bonds is 3. The van der Waals surface area contributed by atoms with Gasteiger partial charge in [0, 0.05) is 36.1 Å². The summed E-state index contributed by atoms with van der Waals surface area (Å²) in [6.07, 6.45) is 4.11. The van der Waals surface area contributed by atoms with E-state index in [2.05, 4.69) is 20.3 Å². The molecule has 0 fully saturated rings. The second-order valence-corrected chi connectivity index (χ2v) is 6.00. The number of nitrogens with one attached hydrogen (secondary N) is 2. The van der Waals surface area contributed by atoms with Crippen LogP contribution in [0.5, 0.6) is 5.75 Å². The number of carbonyl (C=O) groups excluding carboxylic acids is 1. The number of hydrogen-bond donors (Lipinski definition) is 2. The zero-order chi connectivity index (χ0) is 17.2. The second-order valence-electron chi connectivity index (χ2n) is 6.00. The predicted octanol–water partition coefficient (Wildman–Crippen LogP) is 2.55. The van der Waals surface area contributed by atoms with Crippen LogP contribution in [0.2, 0.25) is 0 Å². The maximum atomic E-state index is 12.4. The lowest BCUT2D eigenvalue weighted by Gasteiger charge is -2.17. The number of aromatic amines is 1. The zero-order valence-corrected chi connectivity index (χ0v) is 13.8. The third kappa shape index (κ3) is 2.87. The molecule has 2 N–H and O–H groups in total. The number of methoxy groups -OCH3 is 1. The second kappa shape index (κ2) is 6.39. The van der Waals surface area contributed by atoms with Crippen molar-refractivity contribution in [1.82, 2.24) is 20.3 Å². The van der Waals surface area contributed by atoms with Crippen molar-refractivity contribution in [2.75, 3.05) is 13.7 Å². The monoisotopic (exact) mass is 334 g/mol. The number of fused-ring (bicyclic) bond motifs is 1. The molecular formula is C19H18N4O2. The lowest BCUT2D eigenvalue weighted by molar-refractivity contribution is 0.0950. The molecule has 3 heterocycles. The average molecular weight is 334 g/mol. The van der Waals surface area contributed by atoms with Crippen LogP contribution in [0.3, 0.4) is 0 Å². The Bertz CT molecular complexity index is 905. The lowest BCUT2D eigenvalue weighted by Crippen LogP contribution is -2.26. The van der Waals surface area contributed by atoms with Crippen LogP contribution < -0.4 is 10.1 Å².